The molecule has 10 heavy (non-hydrogen) atoms. The second-order valence-electron chi connectivity index (χ2n) is 3.35. The first kappa shape index (κ1) is 7.52. The number of rotatable bonds is 1. The van der Waals surface area contributed by atoms with Gasteiger partial charge in [0.25, 0.3) is 0 Å². The Balaban J connectivity index is 2.86. The van der Waals surface area contributed by atoms with Crippen molar-refractivity contribution in [2.24, 2.45) is 5.41 Å². The van der Waals surface area contributed by atoms with Gasteiger partial charge in [-0.3, -0.25) is 4.79 Å². The Morgan fingerprint density at radius 2 is 2.30 bits per heavy atom. The van der Waals surface area contributed by atoms with Crippen molar-refractivity contribution >= 4 is 5.78 Å². The van der Waals surface area contributed by atoms with E-state index in [-0.39, 0.29) is 11.2 Å². The van der Waals surface area contributed by atoms with Crippen LogP contribution in [0.1, 0.15) is 33.1 Å². The van der Waals surface area contributed by atoms with E-state index in [9.17, 15) is 4.79 Å². The van der Waals surface area contributed by atoms with Crippen molar-refractivity contribution < 1.29 is 4.79 Å². The first-order valence-corrected chi connectivity index (χ1v) is 3.76. The number of allylic oxidation sites excluding steroid dienone is 1. The third-order valence-corrected chi connectivity index (χ3v) is 2.71. The predicted octanol–water partition coefficient (Wildman–Crippen LogP) is 2.32. The fourth-order valence-electron chi connectivity index (χ4n) is 1.53. The van der Waals surface area contributed by atoms with Crippen LogP contribution in [0.3, 0.4) is 0 Å². The Morgan fingerprint density at radius 3 is 2.50 bits per heavy atom. The van der Waals surface area contributed by atoms with Crippen molar-refractivity contribution in [2.45, 2.75) is 33.1 Å². The summed E-state index contributed by atoms with van der Waals surface area (Å²) in [7, 11) is 0. The Morgan fingerprint density at radius 1 is 1.70 bits per heavy atom. The van der Waals surface area contributed by atoms with E-state index in [2.05, 4.69) is 6.58 Å². The fourth-order valence-corrected chi connectivity index (χ4v) is 1.53. The number of carbonyl (C=O) groups is 1. The Hall–Kier alpha value is -0.590. The van der Waals surface area contributed by atoms with Gasteiger partial charge in [0, 0.05) is 5.41 Å². The maximum absolute atomic E-state index is 11.1. The zero-order valence-corrected chi connectivity index (χ0v) is 6.74. The van der Waals surface area contributed by atoms with E-state index in [1.54, 1.807) is 6.92 Å². The molecule has 1 nitrogen and oxygen atoms in total. The molecule has 0 N–H and O–H groups in total. The lowest BCUT2D eigenvalue weighted by atomic mass is 9.82. The highest BCUT2D eigenvalue weighted by Crippen LogP contribution is 2.41. The normalized spacial score (nSPS) is 32.8. The van der Waals surface area contributed by atoms with Crippen LogP contribution < -0.4 is 0 Å². The summed E-state index contributed by atoms with van der Waals surface area (Å²) in [5.74, 6) is 0.273. The number of carbonyl (C=O) groups excluding carboxylic acids is 1. The van der Waals surface area contributed by atoms with Crippen LogP contribution in [-0.4, -0.2) is 5.78 Å². The molecule has 0 aliphatic heterocycles. The fraction of sp³-hybridized carbons (Fsp3) is 0.667. The summed E-state index contributed by atoms with van der Waals surface area (Å²) in [6.45, 7) is 7.58. The third-order valence-electron chi connectivity index (χ3n) is 2.71. The molecule has 0 radical (unpaired) electrons. The molecule has 0 saturated heterocycles. The maximum Gasteiger partial charge on any atom is 0.139 e. The first-order valence-electron chi connectivity index (χ1n) is 3.76. The minimum absolute atomic E-state index is 0.181. The predicted molar refractivity (Wildman–Crippen MR) is 41.8 cm³/mol. The van der Waals surface area contributed by atoms with E-state index < -0.39 is 0 Å². The van der Waals surface area contributed by atoms with Gasteiger partial charge in [-0.05, 0) is 33.1 Å². The molecule has 0 aromatic rings. The summed E-state index contributed by atoms with van der Waals surface area (Å²) in [5, 5.41) is 0. The first-order chi connectivity index (χ1) is 4.57. The van der Waals surface area contributed by atoms with Gasteiger partial charge in [-0.15, -0.1) is 0 Å². The van der Waals surface area contributed by atoms with Gasteiger partial charge in [-0.1, -0.05) is 12.2 Å². The van der Waals surface area contributed by atoms with Crippen molar-refractivity contribution in [3.8, 4) is 0 Å². The van der Waals surface area contributed by atoms with Gasteiger partial charge in [-0.25, -0.2) is 0 Å². The molecule has 1 rings (SSSR count). The van der Waals surface area contributed by atoms with Gasteiger partial charge in [0.05, 0.1) is 0 Å². The molecule has 56 valence electrons. The molecule has 0 amide bonds. The van der Waals surface area contributed by atoms with Crippen LogP contribution >= 0.6 is 0 Å². The lowest BCUT2D eigenvalue weighted by Gasteiger charge is -2.20. The summed E-state index contributed by atoms with van der Waals surface area (Å²) in [4.78, 5) is 11.1. The van der Waals surface area contributed by atoms with Gasteiger partial charge >= 0.3 is 0 Å². The molecular weight excluding hydrogens is 124 g/mol. The molecule has 1 heteroatoms. The topological polar surface area (TPSA) is 17.1 Å². The number of hydrogen-bond acceptors (Lipinski definition) is 1. The molecule has 1 fully saturated rings. The van der Waals surface area contributed by atoms with E-state index >= 15 is 0 Å². The molecular formula is C9H14O. The van der Waals surface area contributed by atoms with E-state index in [0.717, 1.165) is 24.8 Å². The Bertz CT molecular complexity index is 181. The van der Waals surface area contributed by atoms with Crippen LogP contribution in [0.5, 0.6) is 0 Å². The average molecular weight is 138 g/mol. The van der Waals surface area contributed by atoms with Gasteiger partial charge in [0.2, 0.25) is 0 Å². The van der Waals surface area contributed by atoms with E-state index in [4.69, 9.17) is 0 Å². The summed E-state index contributed by atoms with van der Waals surface area (Å²) < 4.78 is 0. The molecule has 1 atom stereocenters. The highest BCUT2D eigenvalue weighted by molar-refractivity contribution is 5.85. The molecule has 0 spiro atoms. The van der Waals surface area contributed by atoms with Crippen LogP contribution in [0.25, 0.3) is 0 Å². The van der Waals surface area contributed by atoms with Gasteiger partial charge in [-0.2, -0.15) is 0 Å². The number of ketones is 1. The molecule has 0 heterocycles. The van der Waals surface area contributed by atoms with Crippen LogP contribution in [0.2, 0.25) is 0 Å². The van der Waals surface area contributed by atoms with Crippen LogP contribution in [-0.2, 0) is 4.79 Å². The van der Waals surface area contributed by atoms with E-state index in [1.807, 2.05) is 6.92 Å². The zero-order valence-electron chi connectivity index (χ0n) is 6.74. The molecule has 1 aliphatic carbocycles. The molecule has 1 aliphatic rings. The molecule has 1 saturated carbocycles. The molecule has 0 bridgehead atoms. The van der Waals surface area contributed by atoms with Crippen molar-refractivity contribution in [1.82, 2.24) is 0 Å². The highest BCUT2D eigenvalue weighted by Gasteiger charge is 2.36. The lowest BCUT2D eigenvalue weighted by Crippen LogP contribution is -2.22. The van der Waals surface area contributed by atoms with Crippen molar-refractivity contribution in [3.05, 3.63) is 12.2 Å². The van der Waals surface area contributed by atoms with Crippen LogP contribution in [0.4, 0.5) is 0 Å². The van der Waals surface area contributed by atoms with Crippen LogP contribution in [0, 0.1) is 5.41 Å². The monoisotopic (exact) mass is 138 g/mol. The highest BCUT2D eigenvalue weighted by atomic mass is 16.1. The number of hydrogen-bond donors (Lipinski definition) is 0. The van der Waals surface area contributed by atoms with Crippen molar-refractivity contribution in [2.75, 3.05) is 0 Å². The Kier molecular flexibility index (Phi) is 1.67. The summed E-state index contributed by atoms with van der Waals surface area (Å²) in [6.07, 6.45) is 3.17. The van der Waals surface area contributed by atoms with E-state index in [1.165, 1.54) is 0 Å². The quantitative estimate of drug-likeness (QED) is 0.508. The summed E-state index contributed by atoms with van der Waals surface area (Å²) >= 11 is 0. The second-order valence-corrected chi connectivity index (χ2v) is 3.35. The number of Topliss-reactive ketones (excluding diaryl/α,β-unsaturated/α-hetero) is 1. The Labute approximate surface area is 62.1 Å². The minimum atomic E-state index is -0.181. The standard InChI is InChI=1S/C9H14O/c1-7-5-4-6-9(7,3)8(2)10/h1,4-6H2,2-3H3. The molecule has 0 aromatic carbocycles. The second kappa shape index (κ2) is 2.22. The van der Waals surface area contributed by atoms with Crippen molar-refractivity contribution in [1.29, 1.82) is 0 Å². The van der Waals surface area contributed by atoms with Gasteiger partial charge in [0.15, 0.2) is 0 Å². The maximum atomic E-state index is 11.1. The molecule has 0 aromatic heterocycles. The van der Waals surface area contributed by atoms with Gasteiger partial charge in [0.1, 0.15) is 5.78 Å². The SMILES string of the molecule is C=C1CCCC1(C)C(C)=O. The molecule has 1 unspecified atom stereocenters. The smallest absolute Gasteiger partial charge is 0.139 e. The van der Waals surface area contributed by atoms with Gasteiger partial charge < -0.3 is 0 Å². The van der Waals surface area contributed by atoms with E-state index in [0.29, 0.717) is 0 Å². The van der Waals surface area contributed by atoms with Crippen molar-refractivity contribution in [3.63, 3.8) is 0 Å². The lowest BCUT2D eigenvalue weighted by molar-refractivity contribution is -0.123. The van der Waals surface area contributed by atoms with Crippen LogP contribution in [0.15, 0.2) is 12.2 Å². The average Bonchev–Trinajstić information content (AvgIpc) is 2.15. The third kappa shape index (κ3) is 0.898. The summed E-state index contributed by atoms with van der Waals surface area (Å²) in [6, 6.07) is 0. The zero-order chi connectivity index (χ0) is 7.78. The largest absolute Gasteiger partial charge is 0.299 e. The minimum Gasteiger partial charge on any atom is -0.299 e. The summed E-state index contributed by atoms with van der Waals surface area (Å²) in [5.41, 5.74) is 0.944.